The maximum absolute atomic E-state index is 15.6. The van der Waals surface area contributed by atoms with Gasteiger partial charge in [-0.1, -0.05) is 36.4 Å². The molecule has 4 aromatic carbocycles. The van der Waals surface area contributed by atoms with Gasteiger partial charge >= 0.3 is 6.09 Å². The summed E-state index contributed by atoms with van der Waals surface area (Å²) in [5.74, 6) is 1.79. The lowest BCUT2D eigenvalue weighted by molar-refractivity contribution is 0.0217. The second kappa shape index (κ2) is 18.2. The highest BCUT2D eigenvalue weighted by molar-refractivity contribution is 14.1. The number of piperidine rings is 1. The number of aromatic nitrogens is 4. The molecule has 0 atom stereocenters. The summed E-state index contributed by atoms with van der Waals surface area (Å²) in [4.78, 5) is 14.8. The zero-order valence-electron chi connectivity index (χ0n) is 33.7. The second-order valence-corrected chi connectivity index (χ2v) is 20.2. The third-order valence-electron chi connectivity index (χ3n) is 9.70. The van der Waals surface area contributed by atoms with Crippen LogP contribution in [-0.2, 0) is 44.2 Å². The Bertz CT molecular complexity index is 2420. The van der Waals surface area contributed by atoms with Crippen molar-refractivity contribution in [2.45, 2.75) is 73.9 Å². The number of carbonyl (C=O) groups excluding carboxylic acids is 1. The second-order valence-electron chi connectivity index (χ2n) is 14.9. The monoisotopic (exact) mass is 958 g/mol. The number of likely N-dealkylation sites (tertiary alicyclic amines) is 1. The lowest BCUT2D eigenvalue weighted by Crippen LogP contribution is -2.44. The molecule has 2 heterocycles. The van der Waals surface area contributed by atoms with E-state index in [0.29, 0.717) is 31.9 Å². The molecule has 6 rings (SSSR count). The number of halogens is 1. The van der Waals surface area contributed by atoms with Crippen molar-refractivity contribution in [3.63, 3.8) is 0 Å². The minimum atomic E-state index is -4.71. The van der Waals surface area contributed by atoms with Crippen molar-refractivity contribution < 1.29 is 40.6 Å². The molecular weight excluding hydrogens is 912 g/mol. The Kier molecular flexibility index (Phi) is 13.5. The highest BCUT2D eigenvalue weighted by atomic mass is 127. The predicted octanol–water partition coefficient (Wildman–Crippen LogP) is 6.58. The number of amides is 1. The Morgan fingerprint density at radius 1 is 0.763 bits per heavy atom. The van der Waals surface area contributed by atoms with Crippen molar-refractivity contribution in [1.29, 1.82) is 0 Å². The molecule has 1 fully saturated rings. The Hall–Kier alpha value is -4.79. The van der Waals surface area contributed by atoms with Crippen LogP contribution in [0.25, 0.3) is 11.4 Å². The molecule has 15 nitrogen and oxygen atoms in total. The number of hydrogen-bond donors (Lipinski definition) is 0. The Morgan fingerprint density at radius 3 is 1.73 bits per heavy atom. The number of rotatable bonds is 14. The molecule has 1 aliphatic rings. The van der Waals surface area contributed by atoms with Crippen LogP contribution in [0.2, 0.25) is 0 Å². The molecule has 1 aliphatic heterocycles. The number of tetrazole rings is 1. The van der Waals surface area contributed by atoms with E-state index in [9.17, 15) is 13.2 Å². The van der Waals surface area contributed by atoms with E-state index < -0.39 is 41.7 Å². The first-order valence-electron chi connectivity index (χ1n) is 18.7. The lowest BCUT2D eigenvalue weighted by Gasteiger charge is -2.33. The molecule has 314 valence electrons. The van der Waals surface area contributed by atoms with Crippen molar-refractivity contribution in [1.82, 2.24) is 29.4 Å². The van der Waals surface area contributed by atoms with Crippen LogP contribution >= 0.6 is 22.6 Å². The molecule has 18 heteroatoms. The van der Waals surface area contributed by atoms with Gasteiger partial charge in [-0.25, -0.2) is 21.6 Å². The first kappa shape index (κ1) is 43.8. The summed E-state index contributed by atoms with van der Waals surface area (Å²) < 4.78 is 84.1. The smallest absolute Gasteiger partial charge is 0.410 e. The summed E-state index contributed by atoms with van der Waals surface area (Å²) in [6.45, 7) is 5.47. The van der Waals surface area contributed by atoms with Crippen LogP contribution in [0.15, 0.2) is 94.7 Å². The molecule has 1 amide bonds. The normalized spacial score (nSPS) is 14.0. The highest BCUT2D eigenvalue weighted by Crippen LogP contribution is 2.40. The molecule has 0 spiro atoms. The fourth-order valence-corrected chi connectivity index (χ4v) is 11.6. The van der Waals surface area contributed by atoms with Crippen molar-refractivity contribution >= 4 is 48.5 Å². The number of sulfonamides is 1. The van der Waals surface area contributed by atoms with Crippen molar-refractivity contribution in [2.75, 3.05) is 34.4 Å². The van der Waals surface area contributed by atoms with E-state index in [0.717, 1.165) is 5.56 Å². The first-order valence-corrected chi connectivity index (χ1v) is 22.8. The van der Waals surface area contributed by atoms with Crippen LogP contribution in [0.1, 0.15) is 50.3 Å². The minimum absolute atomic E-state index is 0.00769. The van der Waals surface area contributed by atoms with Gasteiger partial charge in [0.25, 0.3) is 0 Å². The van der Waals surface area contributed by atoms with E-state index >= 15 is 8.42 Å². The van der Waals surface area contributed by atoms with Gasteiger partial charge in [0.2, 0.25) is 15.8 Å². The van der Waals surface area contributed by atoms with Gasteiger partial charge in [0.1, 0.15) is 27.7 Å². The Labute approximate surface area is 358 Å². The minimum Gasteiger partial charge on any atom is -0.497 e. The van der Waals surface area contributed by atoms with Crippen LogP contribution in [0.3, 0.4) is 0 Å². The summed E-state index contributed by atoms with van der Waals surface area (Å²) in [5, 5.41) is 12.2. The number of benzene rings is 4. The molecule has 59 heavy (non-hydrogen) atoms. The summed E-state index contributed by atoms with van der Waals surface area (Å²) in [6.07, 6.45) is -0.398. The van der Waals surface area contributed by atoms with Crippen LogP contribution in [0.5, 0.6) is 17.2 Å². The van der Waals surface area contributed by atoms with Crippen molar-refractivity contribution in [3.8, 4) is 28.6 Å². The average Bonchev–Trinajstić information content (AvgIpc) is 3.68. The third-order valence-corrected chi connectivity index (χ3v) is 14.9. The van der Waals surface area contributed by atoms with Gasteiger partial charge < -0.3 is 23.8 Å². The lowest BCUT2D eigenvalue weighted by atomic mass is 10.1. The highest BCUT2D eigenvalue weighted by Gasteiger charge is 2.41. The van der Waals surface area contributed by atoms with Crippen molar-refractivity contribution in [3.05, 3.63) is 105 Å². The van der Waals surface area contributed by atoms with Gasteiger partial charge in [-0.2, -0.15) is 9.10 Å². The van der Waals surface area contributed by atoms with Gasteiger partial charge in [0.15, 0.2) is 9.84 Å². The van der Waals surface area contributed by atoms with E-state index in [2.05, 4.69) is 15.4 Å². The number of carbonyl (C=O) groups is 1. The van der Waals surface area contributed by atoms with E-state index in [1.165, 1.54) is 20.1 Å². The average molecular weight is 959 g/mol. The van der Waals surface area contributed by atoms with E-state index in [4.69, 9.17) is 18.9 Å². The topological polar surface area (TPSA) is 172 Å². The van der Waals surface area contributed by atoms with Gasteiger partial charge in [-0.15, -0.1) is 10.2 Å². The summed E-state index contributed by atoms with van der Waals surface area (Å²) >= 11 is 1.98. The summed E-state index contributed by atoms with van der Waals surface area (Å²) in [5.41, 5.74) is 1.38. The molecule has 0 saturated carbocycles. The summed E-state index contributed by atoms with van der Waals surface area (Å²) in [6, 6.07) is 24.1. The molecule has 0 bridgehead atoms. The quantitative estimate of drug-likeness (QED) is 0.110. The molecule has 1 aromatic heterocycles. The van der Waals surface area contributed by atoms with E-state index in [-0.39, 0.29) is 61.8 Å². The van der Waals surface area contributed by atoms with Gasteiger partial charge in [-0.3, -0.25) is 0 Å². The van der Waals surface area contributed by atoms with Gasteiger partial charge in [-0.05, 0) is 127 Å². The number of ether oxygens (including phenoxy) is 4. The maximum atomic E-state index is 15.6. The standard InChI is InChI=1S/C41H47IN6O9S2/c1-41(2,3)57-40(49)46-23-21-34(22-24-46)58(50,51)36-20-19-35(42)37(39-43-45-48(44-39)27-30-11-17-33(56-6)18-12-30)38(36)59(52,53)47(25-28-7-13-31(54-4)14-8-28)26-29-9-15-32(55-5)16-10-29/h7-20,34H,21-27H2,1-6H3. The molecule has 0 N–H and O–H groups in total. The zero-order chi connectivity index (χ0) is 42.5. The van der Waals surface area contributed by atoms with E-state index in [1.54, 1.807) is 109 Å². The zero-order valence-corrected chi connectivity index (χ0v) is 37.5. The summed E-state index contributed by atoms with van der Waals surface area (Å²) in [7, 11) is -4.43. The SMILES string of the molecule is COc1ccc(CN(Cc2ccc(OC)cc2)S(=O)(=O)c2c(S(=O)(=O)C3CCN(C(=O)OC(C)(C)C)CC3)ccc(I)c2-c2nnn(Cc3ccc(OC)cc3)n2)cc1. The van der Waals surface area contributed by atoms with Crippen LogP contribution in [0, 0.1) is 3.57 Å². The van der Waals surface area contributed by atoms with Gasteiger partial charge in [0, 0.05) is 29.7 Å². The molecule has 0 unspecified atom stereocenters. The fourth-order valence-electron chi connectivity index (χ4n) is 6.61. The Morgan fingerprint density at radius 2 is 1.25 bits per heavy atom. The number of nitrogens with zero attached hydrogens (tertiary/aromatic N) is 6. The number of methoxy groups -OCH3 is 3. The van der Waals surface area contributed by atoms with Crippen molar-refractivity contribution in [2.24, 2.45) is 0 Å². The van der Waals surface area contributed by atoms with Crippen LogP contribution < -0.4 is 14.2 Å². The molecule has 0 aliphatic carbocycles. The predicted molar refractivity (Wildman–Crippen MR) is 229 cm³/mol. The molecule has 0 radical (unpaired) electrons. The maximum Gasteiger partial charge on any atom is 0.410 e. The molecular formula is C41H47IN6O9S2. The molecule has 5 aromatic rings. The van der Waals surface area contributed by atoms with E-state index in [1.807, 2.05) is 34.7 Å². The first-order chi connectivity index (χ1) is 28.0. The molecule has 1 saturated heterocycles. The third kappa shape index (κ3) is 10.3. The van der Waals surface area contributed by atoms with Gasteiger partial charge in [0.05, 0.1) is 43.6 Å². The van der Waals surface area contributed by atoms with Crippen LogP contribution in [0.4, 0.5) is 4.79 Å². The largest absolute Gasteiger partial charge is 0.497 e. The van der Waals surface area contributed by atoms with Crippen LogP contribution in [-0.4, -0.2) is 97.6 Å². The Balaban J connectivity index is 1.47. The number of sulfone groups is 1. The number of hydrogen-bond acceptors (Lipinski definition) is 12. The fraction of sp³-hybridized carbons (Fsp3) is 0.366.